The van der Waals surface area contributed by atoms with E-state index in [2.05, 4.69) is 50.1 Å². The van der Waals surface area contributed by atoms with Crippen LogP contribution in [-0.4, -0.2) is 63.4 Å². The summed E-state index contributed by atoms with van der Waals surface area (Å²) in [5.74, 6) is 4.90. The number of piperazine rings is 1. The van der Waals surface area contributed by atoms with Gasteiger partial charge in [-0.25, -0.2) is 14.5 Å². The van der Waals surface area contributed by atoms with Gasteiger partial charge < -0.3 is 14.4 Å². The van der Waals surface area contributed by atoms with E-state index in [0.717, 1.165) is 42.1 Å². The van der Waals surface area contributed by atoms with E-state index in [0.29, 0.717) is 35.9 Å². The monoisotopic (exact) mass is 519 g/mol. The van der Waals surface area contributed by atoms with Crippen LogP contribution >= 0.6 is 0 Å². The Morgan fingerprint density at radius 2 is 1.97 bits per heavy atom. The Balaban J connectivity index is 1.19. The predicted molar refractivity (Wildman–Crippen MR) is 147 cm³/mol. The lowest BCUT2D eigenvalue weighted by Crippen LogP contribution is -2.68. The van der Waals surface area contributed by atoms with Gasteiger partial charge in [-0.2, -0.15) is 10.4 Å². The number of terminal acetylenes is 1. The van der Waals surface area contributed by atoms with Gasteiger partial charge in [0.15, 0.2) is 0 Å². The number of piperidine rings is 1. The zero-order valence-corrected chi connectivity index (χ0v) is 22.0. The summed E-state index contributed by atoms with van der Waals surface area (Å²) in [6, 6.07) is 13.3. The molecule has 0 aliphatic carbocycles. The second-order valence-electron chi connectivity index (χ2n) is 10.2. The molecule has 7 heterocycles. The first-order valence-corrected chi connectivity index (χ1v) is 13.0. The van der Waals surface area contributed by atoms with Crippen LogP contribution in [0.1, 0.15) is 24.5 Å². The molecule has 4 aromatic rings. The van der Waals surface area contributed by atoms with Crippen LogP contribution in [0, 0.1) is 29.6 Å². The maximum atomic E-state index is 9.66. The second kappa shape index (κ2) is 10.3. The van der Waals surface area contributed by atoms with Crippen molar-refractivity contribution in [1.29, 1.82) is 5.26 Å². The van der Waals surface area contributed by atoms with Gasteiger partial charge >= 0.3 is 0 Å². The van der Waals surface area contributed by atoms with Crippen molar-refractivity contribution in [2.24, 2.45) is 5.92 Å². The molecule has 0 aromatic carbocycles. The Morgan fingerprint density at radius 3 is 2.64 bits per heavy atom. The molecule has 0 radical (unpaired) electrons. The maximum absolute atomic E-state index is 9.66. The molecule has 0 N–H and O–H groups in total. The van der Waals surface area contributed by atoms with Crippen LogP contribution in [-0.2, 0) is 6.54 Å². The second-order valence-corrected chi connectivity index (χ2v) is 10.2. The van der Waals surface area contributed by atoms with E-state index in [4.69, 9.17) is 20.9 Å². The average Bonchev–Trinajstić information content (AvgIpc) is 3.41. The third-order valence-corrected chi connectivity index (χ3v) is 7.59. The number of methoxy groups -OCH3 is 1. The lowest BCUT2D eigenvalue weighted by molar-refractivity contribution is -0.00876. The van der Waals surface area contributed by atoms with E-state index < -0.39 is 0 Å². The van der Waals surface area contributed by atoms with Crippen LogP contribution in [0.15, 0.2) is 55.1 Å². The summed E-state index contributed by atoms with van der Waals surface area (Å²) in [4.78, 5) is 14.1. The first-order valence-electron chi connectivity index (χ1n) is 13.0. The Bertz CT molecular complexity index is 1550. The summed E-state index contributed by atoms with van der Waals surface area (Å²) in [6.07, 6.45) is 13.8. The summed E-state index contributed by atoms with van der Waals surface area (Å²) >= 11 is 0. The molecule has 9 nitrogen and oxygen atoms in total. The fourth-order valence-electron chi connectivity index (χ4n) is 5.45. The van der Waals surface area contributed by atoms with Gasteiger partial charge in [-0.15, -0.1) is 12.3 Å². The topological polar surface area (TPSA) is 91.8 Å². The lowest BCUT2D eigenvalue weighted by atomic mass is 9.87. The molecule has 3 saturated heterocycles. The normalized spacial score (nSPS) is 19.1. The molecule has 4 aromatic heterocycles. The van der Waals surface area contributed by atoms with Crippen LogP contribution < -0.4 is 14.4 Å². The fourth-order valence-corrected chi connectivity index (χ4v) is 5.45. The standard InChI is InChI=1S/C30H29N7O2/c1-4-20(2)19-39-26-10-27(30-23(11-31)14-34-37(30)18-26)22-6-7-28(32-13-22)35-16-24-9-25(17-35)36(24)15-21-5-8-29(38-3)33-12-21/h1,5-8,10,12-14,18,20,24-25H,9,15-17,19H2,2-3H3. The number of nitriles is 1. The molecule has 3 fully saturated rings. The molecule has 2 bridgehead atoms. The third kappa shape index (κ3) is 4.73. The van der Waals surface area contributed by atoms with E-state index >= 15 is 0 Å². The summed E-state index contributed by atoms with van der Waals surface area (Å²) < 4.78 is 12.8. The molecule has 196 valence electrons. The zero-order chi connectivity index (χ0) is 26.9. The SMILES string of the molecule is C#CC(C)COc1cc(-c2ccc(N3CC4CC(C3)N4Cc3ccc(OC)nc3)nc2)c2c(C#N)cnn2c1. The van der Waals surface area contributed by atoms with Crippen LogP contribution in [0.2, 0.25) is 0 Å². The number of anilines is 1. The van der Waals surface area contributed by atoms with Gasteiger partial charge in [0.25, 0.3) is 0 Å². The summed E-state index contributed by atoms with van der Waals surface area (Å²) in [7, 11) is 1.63. The Kier molecular flexibility index (Phi) is 6.52. The van der Waals surface area contributed by atoms with Gasteiger partial charge in [-0.3, -0.25) is 4.90 Å². The number of fused-ring (bicyclic) bond motifs is 3. The third-order valence-electron chi connectivity index (χ3n) is 7.59. The summed E-state index contributed by atoms with van der Waals surface area (Å²) in [6.45, 7) is 5.11. The minimum Gasteiger partial charge on any atom is -0.491 e. The highest BCUT2D eigenvalue weighted by molar-refractivity contribution is 5.85. The molecule has 3 atom stereocenters. The first kappa shape index (κ1) is 24.7. The van der Waals surface area contributed by atoms with E-state index in [-0.39, 0.29) is 5.92 Å². The minimum absolute atomic E-state index is 0.0167. The predicted octanol–water partition coefficient (Wildman–Crippen LogP) is 3.78. The Hall–Kier alpha value is -4.60. The van der Waals surface area contributed by atoms with Crippen molar-refractivity contribution < 1.29 is 9.47 Å². The van der Waals surface area contributed by atoms with Crippen molar-refractivity contribution in [3.8, 4) is 41.2 Å². The molecular formula is C30H29N7O2. The van der Waals surface area contributed by atoms with E-state index in [9.17, 15) is 5.26 Å². The molecule has 0 saturated carbocycles. The van der Waals surface area contributed by atoms with Crippen molar-refractivity contribution in [1.82, 2.24) is 24.5 Å². The van der Waals surface area contributed by atoms with E-state index in [1.807, 2.05) is 31.5 Å². The van der Waals surface area contributed by atoms with Gasteiger partial charge in [0.05, 0.1) is 36.5 Å². The largest absolute Gasteiger partial charge is 0.491 e. The summed E-state index contributed by atoms with van der Waals surface area (Å²) in [5, 5.41) is 14.0. The highest BCUT2D eigenvalue weighted by Crippen LogP contribution is 2.36. The van der Waals surface area contributed by atoms with Crippen LogP contribution in [0.3, 0.4) is 0 Å². The van der Waals surface area contributed by atoms with Crippen molar-refractivity contribution in [3.63, 3.8) is 0 Å². The molecule has 9 heteroatoms. The van der Waals surface area contributed by atoms with Crippen molar-refractivity contribution in [2.75, 3.05) is 31.7 Å². The lowest BCUT2D eigenvalue weighted by Gasteiger charge is -2.56. The molecule has 7 rings (SSSR count). The molecule has 0 amide bonds. The van der Waals surface area contributed by atoms with Crippen LogP contribution in [0.5, 0.6) is 11.6 Å². The van der Waals surface area contributed by atoms with Crippen molar-refractivity contribution >= 4 is 11.3 Å². The Morgan fingerprint density at radius 1 is 1.13 bits per heavy atom. The smallest absolute Gasteiger partial charge is 0.212 e. The molecule has 3 aliphatic heterocycles. The van der Waals surface area contributed by atoms with Crippen molar-refractivity contribution in [2.45, 2.75) is 32.0 Å². The quantitative estimate of drug-likeness (QED) is 0.325. The molecule has 0 spiro atoms. The molecular weight excluding hydrogens is 490 g/mol. The van der Waals surface area contributed by atoms with Gasteiger partial charge in [0.1, 0.15) is 24.2 Å². The number of aromatic nitrogens is 4. The van der Waals surface area contributed by atoms with Gasteiger partial charge in [0.2, 0.25) is 5.88 Å². The minimum atomic E-state index is -0.0167. The van der Waals surface area contributed by atoms with Crippen LogP contribution in [0.4, 0.5) is 5.82 Å². The Labute approximate surface area is 227 Å². The fraction of sp³-hybridized carbons (Fsp3) is 0.333. The zero-order valence-electron chi connectivity index (χ0n) is 22.0. The number of ether oxygens (including phenoxy) is 2. The molecule has 3 unspecified atom stereocenters. The number of rotatable bonds is 8. The average molecular weight is 520 g/mol. The van der Waals surface area contributed by atoms with Gasteiger partial charge in [-0.05, 0) is 37.1 Å². The molecule has 3 aliphatic rings. The number of hydrogen-bond acceptors (Lipinski definition) is 8. The highest BCUT2D eigenvalue weighted by Gasteiger charge is 2.44. The van der Waals surface area contributed by atoms with Gasteiger partial charge in [-0.1, -0.05) is 6.07 Å². The number of pyridine rings is 3. The number of hydrogen-bond donors (Lipinski definition) is 0. The molecule has 39 heavy (non-hydrogen) atoms. The van der Waals surface area contributed by atoms with Crippen LogP contribution in [0.25, 0.3) is 16.6 Å². The summed E-state index contributed by atoms with van der Waals surface area (Å²) in [5.41, 5.74) is 4.17. The maximum Gasteiger partial charge on any atom is 0.212 e. The van der Waals surface area contributed by atoms with Gasteiger partial charge in [0, 0.05) is 61.3 Å². The van der Waals surface area contributed by atoms with E-state index in [1.54, 1.807) is 24.0 Å². The van der Waals surface area contributed by atoms with E-state index in [1.165, 1.54) is 12.0 Å². The number of nitrogens with zero attached hydrogens (tertiary/aromatic N) is 7. The first-order chi connectivity index (χ1) is 19.1. The van der Waals surface area contributed by atoms with Crippen molar-refractivity contribution in [3.05, 3.63) is 66.2 Å². The highest BCUT2D eigenvalue weighted by atomic mass is 16.5.